The highest BCUT2D eigenvalue weighted by Gasteiger charge is 2.13. The Balaban J connectivity index is 1.85. The number of thiazole rings is 1. The smallest absolute Gasteiger partial charge is 0.308 e. The molecule has 1 aromatic heterocycles. The third kappa shape index (κ3) is 3.45. The van der Waals surface area contributed by atoms with Crippen LogP contribution in [0.15, 0.2) is 41.2 Å². The van der Waals surface area contributed by atoms with Crippen molar-refractivity contribution in [2.75, 3.05) is 12.4 Å². The van der Waals surface area contributed by atoms with Gasteiger partial charge in [-0.2, -0.15) is 0 Å². The summed E-state index contributed by atoms with van der Waals surface area (Å²) in [5, 5.41) is 2.78. The van der Waals surface area contributed by atoms with Crippen LogP contribution in [0.4, 0.5) is 5.69 Å². The number of rotatable bonds is 4. The minimum Gasteiger partial charge on any atom is -0.493 e. The molecule has 2 aromatic carbocycles. The van der Waals surface area contributed by atoms with E-state index < -0.39 is 5.97 Å². The maximum atomic E-state index is 12.5. The minimum absolute atomic E-state index is 0.0609. The first-order valence-electron chi connectivity index (χ1n) is 7.66. The first-order valence-corrected chi connectivity index (χ1v) is 8.48. The molecule has 0 aliphatic heterocycles. The van der Waals surface area contributed by atoms with Gasteiger partial charge in [-0.15, -0.1) is 0 Å². The summed E-state index contributed by atoms with van der Waals surface area (Å²) in [5.41, 5.74) is 1.73. The lowest BCUT2D eigenvalue weighted by Crippen LogP contribution is -2.12. The number of ether oxygens (including phenoxy) is 2. The quantitative estimate of drug-likeness (QED) is 0.562. The molecular weight excluding hydrogens is 356 g/mol. The van der Waals surface area contributed by atoms with Crippen LogP contribution in [0.1, 0.15) is 17.3 Å². The predicted molar refractivity (Wildman–Crippen MR) is 99.3 cm³/mol. The number of hydrogen-bond donors (Lipinski definition) is 1. The molecule has 0 bridgehead atoms. The number of carbonyl (C=O) groups excluding carboxylic acids is 2. The first kappa shape index (κ1) is 17.7. The van der Waals surface area contributed by atoms with Gasteiger partial charge in [0.1, 0.15) is 0 Å². The van der Waals surface area contributed by atoms with Crippen molar-refractivity contribution in [3.63, 3.8) is 0 Å². The molecule has 26 heavy (non-hydrogen) atoms. The number of nitrogens with zero attached hydrogens (tertiary/aromatic N) is 1. The molecule has 0 radical (unpaired) electrons. The summed E-state index contributed by atoms with van der Waals surface area (Å²) in [6.45, 7) is 1.29. The summed E-state index contributed by atoms with van der Waals surface area (Å²) in [7, 11) is 3.13. The van der Waals surface area contributed by atoms with Gasteiger partial charge in [0.15, 0.2) is 11.5 Å². The van der Waals surface area contributed by atoms with Gasteiger partial charge in [0.2, 0.25) is 0 Å². The van der Waals surface area contributed by atoms with Crippen LogP contribution >= 0.6 is 11.3 Å². The number of aromatic nitrogens is 1. The van der Waals surface area contributed by atoms with Crippen LogP contribution in [0.25, 0.3) is 10.2 Å². The van der Waals surface area contributed by atoms with E-state index in [2.05, 4.69) is 5.32 Å². The first-order chi connectivity index (χ1) is 12.4. The van der Waals surface area contributed by atoms with Gasteiger partial charge in [-0.05, 0) is 36.4 Å². The number of anilines is 1. The van der Waals surface area contributed by atoms with Gasteiger partial charge in [-0.1, -0.05) is 11.3 Å². The molecule has 0 fully saturated rings. The van der Waals surface area contributed by atoms with Crippen molar-refractivity contribution in [3.8, 4) is 11.5 Å². The SMILES string of the molecule is COc1cc(C(=O)Nc2ccc3c(c2)sc(=O)n3C)ccc1OC(C)=O. The minimum atomic E-state index is -0.476. The fourth-order valence-electron chi connectivity index (χ4n) is 2.46. The van der Waals surface area contributed by atoms with Gasteiger partial charge in [0.05, 0.1) is 17.3 Å². The lowest BCUT2D eigenvalue weighted by atomic mass is 10.1. The van der Waals surface area contributed by atoms with E-state index in [1.54, 1.807) is 29.8 Å². The molecule has 0 aliphatic rings. The second kappa shape index (κ2) is 7.01. The Bertz CT molecular complexity index is 1070. The largest absolute Gasteiger partial charge is 0.493 e. The van der Waals surface area contributed by atoms with Crippen molar-refractivity contribution in [1.82, 2.24) is 4.57 Å². The van der Waals surface area contributed by atoms with E-state index >= 15 is 0 Å². The maximum absolute atomic E-state index is 12.5. The molecule has 0 spiro atoms. The van der Waals surface area contributed by atoms with Crippen LogP contribution in [-0.4, -0.2) is 23.6 Å². The molecule has 0 aliphatic carbocycles. The van der Waals surface area contributed by atoms with Crippen molar-refractivity contribution in [2.24, 2.45) is 7.05 Å². The number of fused-ring (bicyclic) bond motifs is 1. The Labute approximate surface area is 152 Å². The summed E-state index contributed by atoms with van der Waals surface area (Å²) in [6.07, 6.45) is 0. The molecular formula is C18H16N2O5S. The molecule has 0 unspecified atom stereocenters. The molecule has 7 nitrogen and oxygen atoms in total. The predicted octanol–water partition coefficient (Wildman–Crippen LogP) is 2.79. The zero-order valence-electron chi connectivity index (χ0n) is 14.4. The lowest BCUT2D eigenvalue weighted by molar-refractivity contribution is -0.132. The van der Waals surface area contributed by atoms with E-state index in [9.17, 15) is 14.4 Å². The molecule has 0 saturated carbocycles. The monoisotopic (exact) mass is 372 g/mol. The Kier molecular flexibility index (Phi) is 4.77. The second-order valence-corrected chi connectivity index (χ2v) is 6.52. The van der Waals surface area contributed by atoms with Crippen molar-refractivity contribution < 1.29 is 19.1 Å². The normalized spacial score (nSPS) is 10.6. The molecule has 0 atom stereocenters. The van der Waals surface area contributed by atoms with E-state index in [0.29, 0.717) is 11.3 Å². The number of nitrogens with one attached hydrogen (secondary N) is 1. The summed E-state index contributed by atoms with van der Waals surface area (Å²) in [6, 6.07) is 9.80. The maximum Gasteiger partial charge on any atom is 0.308 e. The summed E-state index contributed by atoms with van der Waals surface area (Å²) in [5.74, 6) is -0.299. The fourth-order valence-corrected chi connectivity index (χ4v) is 3.38. The molecule has 3 rings (SSSR count). The number of methoxy groups -OCH3 is 1. The van der Waals surface area contributed by atoms with Crippen molar-refractivity contribution in [2.45, 2.75) is 6.92 Å². The third-order valence-electron chi connectivity index (χ3n) is 3.73. The standard InChI is InChI=1S/C18H16N2O5S/c1-10(21)25-14-7-4-11(8-15(14)24-3)17(22)19-12-5-6-13-16(9-12)26-18(23)20(13)2/h4-9H,1-3H3,(H,19,22). The molecule has 134 valence electrons. The number of hydrogen-bond acceptors (Lipinski definition) is 6. The van der Waals surface area contributed by atoms with E-state index in [-0.39, 0.29) is 22.3 Å². The van der Waals surface area contributed by atoms with Gasteiger partial charge in [0, 0.05) is 25.2 Å². The van der Waals surface area contributed by atoms with Crippen LogP contribution in [0.5, 0.6) is 11.5 Å². The Morgan fingerprint density at radius 1 is 1.12 bits per heavy atom. The zero-order valence-corrected chi connectivity index (χ0v) is 15.2. The highest BCUT2D eigenvalue weighted by Crippen LogP contribution is 2.29. The van der Waals surface area contributed by atoms with Crippen LogP contribution in [-0.2, 0) is 11.8 Å². The molecule has 0 saturated heterocycles. The summed E-state index contributed by atoms with van der Waals surface area (Å²) < 4.78 is 12.5. The van der Waals surface area contributed by atoms with Crippen LogP contribution < -0.4 is 19.7 Å². The fraction of sp³-hybridized carbons (Fsp3) is 0.167. The number of carbonyl (C=O) groups is 2. The Hall–Kier alpha value is -3.13. The van der Waals surface area contributed by atoms with Crippen molar-refractivity contribution in [1.29, 1.82) is 0 Å². The van der Waals surface area contributed by atoms with Crippen LogP contribution in [0, 0.1) is 0 Å². The summed E-state index contributed by atoms with van der Waals surface area (Å²) in [4.78, 5) is 35.2. The molecule has 8 heteroatoms. The zero-order chi connectivity index (χ0) is 18.8. The van der Waals surface area contributed by atoms with Crippen molar-refractivity contribution in [3.05, 3.63) is 51.6 Å². The second-order valence-electron chi connectivity index (χ2n) is 5.52. The third-order valence-corrected chi connectivity index (χ3v) is 4.73. The Morgan fingerprint density at radius 3 is 2.58 bits per heavy atom. The average Bonchev–Trinajstić information content (AvgIpc) is 2.88. The van der Waals surface area contributed by atoms with E-state index in [1.807, 2.05) is 0 Å². The molecule has 1 amide bonds. The van der Waals surface area contributed by atoms with Gasteiger partial charge in [-0.3, -0.25) is 14.4 Å². The summed E-state index contributed by atoms with van der Waals surface area (Å²) >= 11 is 1.12. The van der Waals surface area contributed by atoms with Gasteiger partial charge in [0.25, 0.3) is 5.91 Å². The van der Waals surface area contributed by atoms with Gasteiger partial charge < -0.3 is 19.4 Å². The highest BCUT2D eigenvalue weighted by molar-refractivity contribution is 7.16. The van der Waals surface area contributed by atoms with Gasteiger partial charge in [-0.25, -0.2) is 0 Å². The molecule has 1 N–H and O–H groups in total. The van der Waals surface area contributed by atoms with Crippen LogP contribution in [0.2, 0.25) is 0 Å². The van der Waals surface area contributed by atoms with E-state index in [0.717, 1.165) is 21.6 Å². The number of esters is 1. The number of aryl methyl sites for hydroxylation is 1. The molecule has 1 heterocycles. The van der Waals surface area contributed by atoms with Crippen molar-refractivity contribution >= 4 is 39.1 Å². The average molecular weight is 372 g/mol. The number of benzene rings is 2. The lowest BCUT2D eigenvalue weighted by Gasteiger charge is -2.10. The van der Waals surface area contributed by atoms with E-state index in [1.165, 1.54) is 32.2 Å². The van der Waals surface area contributed by atoms with Gasteiger partial charge >= 0.3 is 10.8 Å². The molecule has 3 aromatic rings. The van der Waals surface area contributed by atoms with E-state index in [4.69, 9.17) is 9.47 Å². The Morgan fingerprint density at radius 2 is 1.88 bits per heavy atom. The topological polar surface area (TPSA) is 86.6 Å². The van der Waals surface area contributed by atoms with Crippen LogP contribution in [0.3, 0.4) is 0 Å². The number of amides is 1. The highest BCUT2D eigenvalue weighted by atomic mass is 32.1.